The van der Waals surface area contributed by atoms with Gasteiger partial charge in [0.25, 0.3) is 0 Å². The van der Waals surface area contributed by atoms with E-state index in [1.165, 1.54) is 5.56 Å². The molecular weight excluding hydrogens is 224 g/mol. The van der Waals surface area contributed by atoms with E-state index in [9.17, 15) is 4.79 Å². The molecule has 0 saturated heterocycles. The zero-order chi connectivity index (χ0) is 13.8. The van der Waals surface area contributed by atoms with Crippen LogP contribution in [0.2, 0.25) is 0 Å². The smallest absolute Gasteiger partial charge is 0.230 e. The number of nitrogens with one attached hydrogen (secondary N) is 1. The molecule has 0 saturated carbocycles. The average molecular weight is 248 g/mol. The van der Waals surface area contributed by atoms with Crippen LogP contribution in [0.5, 0.6) is 0 Å². The van der Waals surface area contributed by atoms with Crippen molar-refractivity contribution in [3.8, 4) is 0 Å². The standard InChI is InChI=1S/C15H24N2O/c1-11-5-7-13(8-6-11)15(3,4)14(18)17-10-12(2)9-16/h5-8,12H,9-10,16H2,1-4H3,(H,17,18). The highest BCUT2D eigenvalue weighted by Crippen LogP contribution is 2.23. The molecule has 100 valence electrons. The predicted molar refractivity (Wildman–Crippen MR) is 75.4 cm³/mol. The molecule has 0 bridgehead atoms. The average Bonchev–Trinajstić information content (AvgIpc) is 2.35. The molecule has 1 amide bonds. The summed E-state index contributed by atoms with van der Waals surface area (Å²) in [5.41, 5.74) is 7.27. The van der Waals surface area contributed by atoms with Crippen LogP contribution < -0.4 is 11.1 Å². The fourth-order valence-corrected chi connectivity index (χ4v) is 1.67. The van der Waals surface area contributed by atoms with Gasteiger partial charge in [0.1, 0.15) is 0 Å². The third-order valence-electron chi connectivity index (χ3n) is 3.35. The zero-order valence-electron chi connectivity index (χ0n) is 11.8. The number of hydrogen-bond donors (Lipinski definition) is 2. The van der Waals surface area contributed by atoms with Crippen LogP contribution in [-0.2, 0) is 10.2 Å². The second kappa shape index (κ2) is 6.01. The lowest BCUT2D eigenvalue weighted by atomic mass is 9.83. The minimum atomic E-state index is -0.512. The van der Waals surface area contributed by atoms with E-state index < -0.39 is 5.41 Å². The third kappa shape index (κ3) is 3.57. The SMILES string of the molecule is Cc1ccc(C(C)(C)C(=O)NCC(C)CN)cc1. The number of carbonyl (C=O) groups is 1. The molecule has 0 aliphatic rings. The van der Waals surface area contributed by atoms with Crippen molar-refractivity contribution in [1.82, 2.24) is 5.32 Å². The topological polar surface area (TPSA) is 55.1 Å². The number of hydrogen-bond acceptors (Lipinski definition) is 2. The lowest BCUT2D eigenvalue weighted by Gasteiger charge is -2.25. The first-order valence-electron chi connectivity index (χ1n) is 6.43. The van der Waals surface area contributed by atoms with Gasteiger partial charge < -0.3 is 11.1 Å². The highest BCUT2D eigenvalue weighted by Gasteiger charge is 2.29. The van der Waals surface area contributed by atoms with Crippen molar-refractivity contribution in [3.05, 3.63) is 35.4 Å². The summed E-state index contributed by atoms with van der Waals surface area (Å²) in [5, 5.41) is 2.97. The molecule has 3 nitrogen and oxygen atoms in total. The van der Waals surface area contributed by atoms with Crippen molar-refractivity contribution in [2.75, 3.05) is 13.1 Å². The molecule has 0 fully saturated rings. The van der Waals surface area contributed by atoms with Crippen LogP contribution in [0.1, 0.15) is 31.9 Å². The molecule has 0 heterocycles. The molecule has 0 radical (unpaired) electrons. The van der Waals surface area contributed by atoms with Gasteiger partial charge in [0.05, 0.1) is 5.41 Å². The second-order valence-electron chi connectivity index (χ2n) is 5.54. The number of benzene rings is 1. The van der Waals surface area contributed by atoms with Gasteiger partial charge in [-0.15, -0.1) is 0 Å². The third-order valence-corrected chi connectivity index (χ3v) is 3.35. The van der Waals surface area contributed by atoms with Crippen molar-refractivity contribution in [3.63, 3.8) is 0 Å². The zero-order valence-corrected chi connectivity index (χ0v) is 11.8. The molecule has 18 heavy (non-hydrogen) atoms. The highest BCUT2D eigenvalue weighted by atomic mass is 16.2. The van der Waals surface area contributed by atoms with Crippen molar-refractivity contribution in [2.24, 2.45) is 11.7 Å². The lowest BCUT2D eigenvalue weighted by molar-refractivity contribution is -0.125. The number of nitrogens with two attached hydrogens (primary N) is 1. The van der Waals surface area contributed by atoms with Crippen LogP contribution in [-0.4, -0.2) is 19.0 Å². The van der Waals surface area contributed by atoms with E-state index in [-0.39, 0.29) is 5.91 Å². The Morgan fingerprint density at radius 2 is 1.89 bits per heavy atom. The van der Waals surface area contributed by atoms with Gasteiger partial charge in [-0.25, -0.2) is 0 Å². The van der Waals surface area contributed by atoms with E-state index in [4.69, 9.17) is 5.73 Å². The summed E-state index contributed by atoms with van der Waals surface area (Å²) >= 11 is 0. The van der Waals surface area contributed by atoms with Crippen molar-refractivity contribution < 1.29 is 4.79 Å². The van der Waals surface area contributed by atoms with Crippen LogP contribution in [0.4, 0.5) is 0 Å². The molecule has 0 aliphatic carbocycles. The molecule has 0 aliphatic heterocycles. The molecule has 1 unspecified atom stereocenters. The minimum absolute atomic E-state index is 0.0478. The fourth-order valence-electron chi connectivity index (χ4n) is 1.67. The van der Waals surface area contributed by atoms with E-state index in [1.54, 1.807) is 0 Å². The van der Waals surface area contributed by atoms with Gasteiger partial charge in [0.15, 0.2) is 0 Å². The molecule has 3 heteroatoms. The van der Waals surface area contributed by atoms with Gasteiger partial charge in [0, 0.05) is 6.54 Å². The number of carbonyl (C=O) groups excluding carboxylic acids is 1. The van der Waals surface area contributed by atoms with Crippen molar-refractivity contribution in [1.29, 1.82) is 0 Å². The Balaban J connectivity index is 2.73. The van der Waals surface area contributed by atoms with Gasteiger partial charge in [-0.05, 0) is 38.8 Å². The molecule has 1 rings (SSSR count). The van der Waals surface area contributed by atoms with Crippen molar-refractivity contribution >= 4 is 5.91 Å². The van der Waals surface area contributed by atoms with E-state index in [2.05, 4.69) is 5.32 Å². The first kappa shape index (κ1) is 14.7. The van der Waals surface area contributed by atoms with Gasteiger partial charge in [0.2, 0.25) is 5.91 Å². The van der Waals surface area contributed by atoms with Gasteiger partial charge in [-0.1, -0.05) is 36.8 Å². The van der Waals surface area contributed by atoms with Crippen LogP contribution >= 0.6 is 0 Å². The Morgan fingerprint density at radius 3 is 2.39 bits per heavy atom. The Kier molecular flexibility index (Phi) is 4.91. The summed E-state index contributed by atoms with van der Waals surface area (Å²) in [5.74, 6) is 0.356. The summed E-state index contributed by atoms with van der Waals surface area (Å²) in [4.78, 5) is 12.2. The molecule has 1 aromatic rings. The first-order valence-corrected chi connectivity index (χ1v) is 6.43. The number of rotatable bonds is 5. The van der Waals surface area contributed by atoms with Crippen LogP contribution in [0.25, 0.3) is 0 Å². The normalized spacial score (nSPS) is 13.2. The summed E-state index contributed by atoms with van der Waals surface area (Å²) in [6.45, 7) is 9.18. The quantitative estimate of drug-likeness (QED) is 0.837. The van der Waals surface area contributed by atoms with Gasteiger partial charge >= 0.3 is 0 Å². The van der Waals surface area contributed by atoms with E-state index >= 15 is 0 Å². The fraction of sp³-hybridized carbons (Fsp3) is 0.533. The molecule has 0 aromatic heterocycles. The van der Waals surface area contributed by atoms with Crippen LogP contribution in [0, 0.1) is 12.8 Å². The van der Waals surface area contributed by atoms with Crippen LogP contribution in [0.15, 0.2) is 24.3 Å². The maximum Gasteiger partial charge on any atom is 0.230 e. The number of aryl methyl sites for hydroxylation is 1. The second-order valence-corrected chi connectivity index (χ2v) is 5.54. The van der Waals surface area contributed by atoms with Gasteiger partial charge in [-0.3, -0.25) is 4.79 Å². The molecule has 1 atom stereocenters. The largest absolute Gasteiger partial charge is 0.355 e. The molecule has 3 N–H and O–H groups in total. The van der Waals surface area contributed by atoms with E-state index in [1.807, 2.05) is 52.0 Å². The highest BCUT2D eigenvalue weighted by molar-refractivity contribution is 5.87. The minimum Gasteiger partial charge on any atom is -0.355 e. The summed E-state index contributed by atoms with van der Waals surface area (Å²) < 4.78 is 0. The van der Waals surface area contributed by atoms with Crippen LogP contribution in [0.3, 0.4) is 0 Å². The Morgan fingerprint density at radius 1 is 1.33 bits per heavy atom. The summed E-state index contributed by atoms with van der Waals surface area (Å²) in [6.07, 6.45) is 0. The van der Waals surface area contributed by atoms with Crippen molar-refractivity contribution in [2.45, 2.75) is 33.1 Å². The van der Waals surface area contributed by atoms with E-state index in [0.29, 0.717) is 19.0 Å². The Hall–Kier alpha value is -1.35. The lowest BCUT2D eigenvalue weighted by Crippen LogP contribution is -2.42. The summed E-state index contributed by atoms with van der Waals surface area (Å²) in [6, 6.07) is 8.10. The number of amides is 1. The maximum absolute atomic E-state index is 12.2. The Labute approximate surface area is 110 Å². The summed E-state index contributed by atoms with van der Waals surface area (Å²) in [7, 11) is 0. The molecular formula is C15H24N2O. The van der Waals surface area contributed by atoms with E-state index in [0.717, 1.165) is 5.56 Å². The molecule has 1 aromatic carbocycles. The predicted octanol–water partition coefficient (Wildman–Crippen LogP) is 1.98. The van der Waals surface area contributed by atoms with Gasteiger partial charge in [-0.2, -0.15) is 0 Å². The monoisotopic (exact) mass is 248 g/mol. The maximum atomic E-state index is 12.2. The Bertz CT molecular complexity index is 395. The molecule has 0 spiro atoms. The first-order chi connectivity index (χ1) is 8.37.